The van der Waals surface area contributed by atoms with E-state index in [1.165, 1.54) is 31.2 Å². The lowest BCUT2D eigenvalue weighted by atomic mass is 10.1. The Kier molecular flexibility index (Phi) is 4.69. The average molecular weight is 355 g/mol. The van der Waals surface area contributed by atoms with Crippen molar-refractivity contribution in [1.29, 1.82) is 0 Å². The smallest absolute Gasteiger partial charge is 0.346 e. The molecule has 0 saturated carbocycles. The van der Waals surface area contributed by atoms with Crippen LogP contribution in [0.4, 0.5) is 5.69 Å². The zero-order chi connectivity index (χ0) is 17.3. The first-order valence-corrected chi connectivity index (χ1v) is 9.10. The largest absolute Gasteiger partial charge is 0.463 e. The van der Waals surface area contributed by atoms with Crippen molar-refractivity contribution < 1.29 is 23.5 Å². The SMILES string of the molecule is CC(=O)OCC(OP(=O)(N1CC1)N1CC1)c1ccc([N+](=O)[O-])cc1. The fourth-order valence-electron chi connectivity index (χ4n) is 2.26. The van der Waals surface area contributed by atoms with Gasteiger partial charge in [0.15, 0.2) is 0 Å². The van der Waals surface area contributed by atoms with Crippen LogP contribution in [0.3, 0.4) is 0 Å². The Labute approximate surface area is 138 Å². The summed E-state index contributed by atoms with van der Waals surface area (Å²) < 4.78 is 27.5. The van der Waals surface area contributed by atoms with Gasteiger partial charge in [0.2, 0.25) is 0 Å². The Balaban J connectivity index is 1.81. The highest BCUT2D eigenvalue weighted by Gasteiger charge is 2.50. The molecule has 2 aliphatic heterocycles. The Morgan fingerprint density at radius 1 is 1.25 bits per heavy atom. The maximum absolute atomic E-state index is 13.1. The summed E-state index contributed by atoms with van der Waals surface area (Å²) in [6.45, 7) is 3.99. The van der Waals surface area contributed by atoms with E-state index >= 15 is 0 Å². The van der Waals surface area contributed by atoms with E-state index in [1.807, 2.05) is 0 Å². The van der Waals surface area contributed by atoms with E-state index in [4.69, 9.17) is 9.26 Å². The third kappa shape index (κ3) is 3.81. The predicted octanol–water partition coefficient (Wildman–Crippen LogP) is 1.95. The third-order valence-electron chi connectivity index (χ3n) is 3.74. The monoisotopic (exact) mass is 355 g/mol. The standard InChI is InChI=1S/C14H18N3O6P/c1-11(18)22-10-14(12-2-4-13(5-3-12)17(19)20)23-24(21,15-6-7-15)16-8-9-16/h2-5,14H,6-10H2,1H3. The van der Waals surface area contributed by atoms with Crippen LogP contribution in [0.5, 0.6) is 0 Å². The second-order valence-electron chi connectivity index (χ2n) is 5.64. The number of nitrogens with zero attached hydrogens (tertiary/aromatic N) is 3. The molecular weight excluding hydrogens is 337 g/mol. The molecule has 0 N–H and O–H groups in total. The molecule has 1 atom stereocenters. The number of hydrogen-bond acceptors (Lipinski definition) is 6. The highest BCUT2D eigenvalue weighted by atomic mass is 31.2. The normalized spacial score (nSPS) is 18.9. The van der Waals surface area contributed by atoms with Crippen molar-refractivity contribution in [2.45, 2.75) is 13.0 Å². The molecule has 2 saturated heterocycles. The van der Waals surface area contributed by atoms with Gasteiger partial charge >= 0.3 is 13.6 Å². The number of nitro groups is 1. The number of hydrogen-bond donors (Lipinski definition) is 0. The second kappa shape index (κ2) is 6.60. The molecule has 1 aromatic rings. The summed E-state index contributed by atoms with van der Waals surface area (Å²) in [6, 6.07) is 5.75. The third-order valence-corrected chi connectivity index (χ3v) is 6.50. The van der Waals surface area contributed by atoms with Crippen molar-refractivity contribution in [3.63, 3.8) is 0 Å². The van der Waals surface area contributed by atoms with E-state index in [0.717, 1.165) is 0 Å². The average Bonchev–Trinajstić information content (AvgIpc) is 3.40. The quantitative estimate of drug-likeness (QED) is 0.229. The topological polar surface area (TPSA) is 102 Å². The van der Waals surface area contributed by atoms with Gasteiger partial charge in [-0.25, -0.2) is 9.34 Å². The van der Waals surface area contributed by atoms with Gasteiger partial charge in [0.25, 0.3) is 5.69 Å². The second-order valence-corrected chi connectivity index (χ2v) is 7.97. The first-order valence-electron chi connectivity index (χ1n) is 7.57. The molecule has 1 unspecified atom stereocenters. The lowest BCUT2D eigenvalue weighted by Crippen LogP contribution is -2.17. The lowest BCUT2D eigenvalue weighted by Gasteiger charge is -2.26. The summed E-state index contributed by atoms with van der Waals surface area (Å²) >= 11 is 0. The minimum atomic E-state index is -3.11. The van der Waals surface area contributed by atoms with E-state index in [9.17, 15) is 19.5 Å². The van der Waals surface area contributed by atoms with Crippen molar-refractivity contribution in [2.75, 3.05) is 32.8 Å². The van der Waals surface area contributed by atoms with Crippen molar-refractivity contribution in [3.05, 3.63) is 39.9 Å². The summed E-state index contributed by atoms with van der Waals surface area (Å²) in [5.74, 6) is -0.473. The lowest BCUT2D eigenvalue weighted by molar-refractivity contribution is -0.384. The van der Waals surface area contributed by atoms with Gasteiger partial charge in [-0.1, -0.05) is 0 Å². The molecule has 0 radical (unpaired) electrons. The molecule has 24 heavy (non-hydrogen) atoms. The summed E-state index contributed by atoms with van der Waals surface area (Å²) in [5.41, 5.74) is 0.524. The predicted molar refractivity (Wildman–Crippen MR) is 84.3 cm³/mol. The molecule has 0 aromatic heterocycles. The molecule has 10 heteroatoms. The van der Waals surface area contributed by atoms with Crippen molar-refractivity contribution in [3.8, 4) is 0 Å². The highest BCUT2D eigenvalue weighted by Crippen LogP contribution is 2.63. The van der Waals surface area contributed by atoms with Crippen LogP contribution < -0.4 is 0 Å². The summed E-state index contributed by atoms with van der Waals surface area (Å²) in [4.78, 5) is 21.4. The number of rotatable bonds is 8. The van der Waals surface area contributed by atoms with Crippen molar-refractivity contribution in [2.24, 2.45) is 0 Å². The highest BCUT2D eigenvalue weighted by molar-refractivity contribution is 7.54. The molecule has 2 heterocycles. The van der Waals surface area contributed by atoms with Crippen LogP contribution in [-0.4, -0.2) is 53.0 Å². The molecule has 0 amide bonds. The molecule has 0 spiro atoms. The number of ether oxygens (including phenoxy) is 1. The summed E-state index contributed by atoms with van der Waals surface area (Å²) in [7, 11) is -3.11. The van der Waals surface area contributed by atoms with Gasteiger partial charge in [-0.15, -0.1) is 0 Å². The molecule has 2 fully saturated rings. The molecule has 2 aliphatic rings. The Morgan fingerprint density at radius 3 is 2.21 bits per heavy atom. The molecule has 9 nitrogen and oxygen atoms in total. The van der Waals surface area contributed by atoms with Crippen LogP contribution in [0.15, 0.2) is 24.3 Å². The molecule has 0 aliphatic carbocycles. The van der Waals surface area contributed by atoms with E-state index < -0.39 is 24.7 Å². The van der Waals surface area contributed by atoms with Crippen LogP contribution in [0.2, 0.25) is 0 Å². The Morgan fingerprint density at radius 2 is 1.79 bits per heavy atom. The molecule has 0 bridgehead atoms. The van der Waals surface area contributed by atoms with E-state index in [1.54, 1.807) is 9.34 Å². The van der Waals surface area contributed by atoms with Crippen LogP contribution >= 0.6 is 7.67 Å². The zero-order valence-corrected chi connectivity index (χ0v) is 14.1. The number of non-ortho nitro benzene ring substituents is 1. The zero-order valence-electron chi connectivity index (χ0n) is 13.2. The summed E-state index contributed by atoms with van der Waals surface area (Å²) in [6.07, 6.45) is -0.748. The first-order chi connectivity index (χ1) is 11.4. The minimum absolute atomic E-state index is 0.0509. The molecule has 3 rings (SSSR count). The number of carbonyl (C=O) groups is 1. The first kappa shape index (κ1) is 17.0. The van der Waals surface area contributed by atoms with Gasteiger partial charge in [0, 0.05) is 45.2 Å². The van der Waals surface area contributed by atoms with E-state index in [0.29, 0.717) is 31.7 Å². The van der Waals surface area contributed by atoms with E-state index in [2.05, 4.69) is 0 Å². The van der Waals surface area contributed by atoms with Gasteiger partial charge in [-0.2, -0.15) is 0 Å². The number of carbonyl (C=O) groups excluding carboxylic acids is 1. The van der Waals surface area contributed by atoms with Crippen LogP contribution in [0.25, 0.3) is 0 Å². The van der Waals surface area contributed by atoms with Crippen LogP contribution in [0.1, 0.15) is 18.6 Å². The Hall–Kier alpha value is -1.80. The number of nitro benzene ring substituents is 1. The van der Waals surface area contributed by atoms with E-state index in [-0.39, 0.29) is 12.3 Å². The molecule has 130 valence electrons. The number of esters is 1. The molecule has 1 aromatic carbocycles. The number of benzene rings is 1. The van der Waals surface area contributed by atoms with Crippen LogP contribution in [0, 0.1) is 10.1 Å². The van der Waals surface area contributed by atoms with Gasteiger partial charge < -0.3 is 4.74 Å². The van der Waals surface area contributed by atoms with Gasteiger partial charge in [-0.3, -0.25) is 24.0 Å². The van der Waals surface area contributed by atoms with Gasteiger partial charge in [0.05, 0.1) is 4.92 Å². The molecular formula is C14H18N3O6P. The van der Waals surface area contributed by atoms with Gasteiger partial charge in [-0.05, 0) is 17.7 Å². The minimum Gasteiger partial charge on any atom is -0.463 e. The Bertz CT molecular complexity index is 670. The maximum atomic E-state index is 13.1. The van der Waals surface area contributed by atoms with Gasteiger partial charge in [0.1, 0.15) is 12.7 Å². The fraction of sp³-hybridized carbons (Fsp3) is 0.500. The maximum Gasteiger partial charge on any atom is 0.346 e. The summed E-state index contributed by atoms with van der Waals surface area (Å²) in [5, 5.41) is 10.8. The van der Waals surface area contributed by atoms with Crippen molar-refractivity contribution in [1.82, 2.24) is 9.34 Å². The van der Waals surface area contributed by atoms with Crippen molar-refractivity contribution >= 4 is 19.3 Å². The fourth-order valence-corrected chi connectivity index (χ4v) is 4.59. The van der Waals surface area contributed by atoms with Crippen LogP contribution in [-0.2, 0) is 18.6 Å².